The molecule has 0 heterocycles. The SMILES string of the molecule is COC(=O)C(OC(=O)CNC(=O)c1ccc(Cl)c(Cl)c1)c1ccccc1. The Morgan fingerprint density at radius 1 is 1.04 bits per heavy atom. The Hall–Kier alpha value is -2.57. The molecule has 8 heteroatoms. The standard InChI is InChI=1S/C18H15Cl2NO5/c1-25-18(24)16(11-5-3-2-4-6-11)26-15(22)10-21-17(23)12-7-8-13(19)14(20)9-12/h2-9,16H,10H2,1H3,(H,21,23). The summed E-state index contributed by atoms with van der Waals surface area (Å²) in [4.78, 5) is 35.9. The van der Waals surface area contributed by atoms with Crippen molar-refractivity contribution >= 4 is 41.0 Å². The smallest absolute Gasteiger partial charge is 0.351 e. The molecule has 1 unspecified atom stereocenters. The number of hydrogen-bond acceptors (Lipinski definition) is 5. The molecular formula is C18H15Cl2NO5. The number of carbonyl (C=O) groups excluding carboxylic acids is 3. The molecule has 0 fully saturated rings. The minimum absolute atomic E-state index is 0.219. The average molecular weight is 396 g/mol. The highest BCUT2D eigenvalue weighted by molar-refractivity contribution is 6.42. The zero-order valence-corrected chi connectivity index (χ0v) is 15.2. The molecule has 0 saturated heterocycles. The molecule has 136 valence electrons. The number of hydrogen-bond donors (Lipinski definition) is 1. The van der Waals surface area contributed by atoms with Crippen molar-refractivity contribution in [3.63, 3.8) is 0 Å². The van der Waals surface area contributed by atoms with Gasteiger partial charge in [-0.25, -0.2) is 4.79 Å². The maximum Gasteiger partial charge on any atom is 0.351 e. The van der Waals surface area contributed by atoms with Crippen molar-refractivity contribution in [1.82, 2.24) is 5.32 Å². The van der Waals surface area contributed by atoms with E-state index in [1.54, 1.807) is 30.3 Å². The van der Waals surface area contributed by atoms with E-state index >= 15 is 0 Å². The first-order valence-electron chi connectivity index (χ1n) is 7.48. The van der Waals surface area contributed by atoms with Gasteiger partial charge < -0.3 is 14.8 Å². The number of amides is 1. The van der Waals surface area contributed by atoms with E-state index in [-0.39, 0.29) is 10.6 Å². The number of ether oxygens (including phenoxy) is 2. The van der Waals surface area contributed by atoms with E-state index in [1.165, 1.54) is 25.3 Å². The number of benzene rings is 2. The molecule has 0 aliphatic heterocycles. The molecule has 0 bridgehead atoms. The first kappa shape index (κ1) is 19.8. The molecule has 0 radical (unpaired) electrons. The van der Waals surface area contributed by atoms with Crippen molar-refractivity contribution in [1.29, 1.82) is 0 Å². The van der Waals surface area contributed by atoms with Crippen LogP contribution in [0.1, 0.15) is 22.0 Å². The first-order valence-corrected chi connectivity index (χ1v) is 8.23. The summed E-state index contributed by atoms with van der Waals surface area (Å²) in [5.41, 5.74) is 0.697. The third-order valence-electron chi connectivity index (χ3n) is 3.34. The Balaban J connectivity index is 1.98. The van der Waals surface area contributed by atoms with Crippen molar-refractivity contribution in [2.24, 2.45) is 0 Å². The van der Waals surface area contributed by atoms with Gasteiger partial charge in [-0.1, -0.05) is 53.5 Å². The highest BCUT2D eigenvalue weighted by atomic mass is 35.5. The zero-order valence-electron chi connectivity index (χ0n) is 13.7. The third kappa shape index (κ3) is 5.21. The van der Waals surface area contributed by atoms with E-state index in [9.17, 15) is 14.4 Å². The van der Waals surface area contributed by atoms with E-state index < -0.39 is 30.5 Å². The lowest BCUT2D eigenvalue weighted by atomic mass is 10.1. The minimum Gasteiger partial charge on any atom is -0.466 e. The number of rotatable bonds is 6. The van der Waals surface area contributed by atoms with Crippen LogP contribution < -0.4 is 5.32 Å². The molecule has 1 amide bonds. The van der Waals surface area contributed by atoms with Crippen LogP contribution in [0, 0.1) is 0 Å². The summed E-state index contributed by atoms with van der Waals surface area (Å²) in [7, 11) is 1.19. The Morgan fingerprint density at radius 3 is 2.35 bits per heavy atom. The summed E-state index contributed by atoms with van der Waals surface area (Å²) >= 11 is 11.6. The van der Waals surface area contributed by atoms with Crippen LogP contribution in [0.3, 0.4) is 0 Å². The van der Waals surface area contributed by atoms with Gasteiger partial charge in [0.05, 0.1) is 17.2 Å². The van der Waals surface area contributed by atoms with Gasteiger partial charge in [0.2, 0.25) is 6.10 Å². The molecule has 2 aromatic rings. The second-order valence-corrected chi connectivity index (χ2v) is 5.93. The fourth-order valence-corrected chi connectivity index (χ4v) is 2.35. The fourth-order valence-electron chi connectivity index (χ4n) is 2.05. The summed E-state index contributed by atoms with van der Waals surface area (Å²) in [6.07, 6.45) is -1.21. The number of methoxy groups -OCH3 is 1. The van der Waals surface area contributed by atoms with Crippen LogP contribution in [0.25, 0.3) is 0 Å². The zero-order chi connectivity index (χ0) is 19.1. The summed E-state index contributed by atoms with van der Waals surface area (Å²) in [6, 6.07) is 12.7. The molecule has 0 aliphatic rings. The van der Waals surface area contributed by atoms with Gasteiger partial charge >= 0.3 is 11.9 Å². The summed E-state index contributed by atoms with van der Waals surface area (Å²) in [5, 5.41) is 2.92. The lowest BCUT2D eigenvalue weighted by molar-refractivity contribution is -0.166. The van der Waals surface area contributed by atoms with E-state index in [2.05, 4.69) is 10.1 Å². The maximum atomic E-state index is 12.0. The second-order valence-electron chi connectivity index (χ2n) is 5.12. The van der Waals surface area contributed by atoms with Crippen molar-refractivity contribution in [3.05, 3.63) is 69.7 Å². The van der Waals surface area contributed by atoms with Crippen LogP contribution in [0.5, 0.6) is 0 Å². The number of nitrogens with one attached hydrogen (secondary N) is 1. The van der Waals surface area contributed by atoms with Crippen molar-refractivity contribution < 1.29 is 23.9 Å². The van der Waals surface area contributed by atoms with Gasteiger partial charge in [0.25, 0.3) is 5.91 Å². The van der Waals surface area contributed by atoms with Crippen LogP contribution in [0.4, 0.5) is 0 Å². The Morgan fingerprint density at radius 2 is 1.73 bits per heavy atom. The molecule has 26 heavy (non-hydrogen) atoms. The van der Waals surface area contributed by atoms with E-state index in [1.807, 2.05) is 0 Å². The predicted octanol–water partition coefficient (Wildman–Crippen LogP) is 3.18. The normalized spacial score (nSPS) is 11.3. The van der Waals surface area contributed by atoms with Gasteiger partial charge in [0.15, 0.2) is 0 Å². The topological polar surface area (TPSA) is 81.7 Å². The molecule has 6 nitrogen and oxygen atoms in total. The monoisotopic (exact) mass is 395 g/mol. The fraction of sp³-hybridized carbons (Fsp3) is 0.167. The molecule has 0 saturated carbocycles. The highest BCUT2D eigenvalue weighted by Gasteiger charge is 2.25. The highest BCUT2D eigenvalue weighted by Crippen LogP contribution is 2.22. The van der Waals surface area contributed by atoms with E-state index in [0.29, 0.717) is 10.6 Å². The molecule has 1 atom stereocenters. The van der Waals surface area contributed by atoms with Gasteiger partial charge in [-0.15, -0.1) is 0 Å². The Kier molecular flexibility index (Phi) is 7.00. The maximum absolute atomic E-state index is 12.0. The average Bonchev–Trinajstić information content (AvgIpc) is 2.66. The second kappa shape index (κ2) is 9.22. The number of halogens is 2. The summed E-state index contributed by atoms with van der Waals surface area (Å²) < 4.78 is 9.80. The Labute approximate surface area is 160 Å². The van der Waals surface area contributed by atoms with Crippen LogP contribution in [0.15, 0.2) is 48.5 Å². The van der Waals surface area contributed by atoms with Crippen molar-refractivity contribution in [2.75, 3.05) is 13.7 Å². The van der Waals surface area contributed by atoms with Gasteiger partial charge in [0, 0.05) is 11.1 Å². The molecule has 0 spiro atoms. The van der Waals surface area contributed by atoms with Gasteiger partial charge in [-0.3, -0.25) is 9.59 Å². The molecule has 0 aromatic heterocycles. The van der Waals surface area contributed by atoms with Gasteiger partial charge in [0.1, 0.15) is 6.54 Å². The lowest BCUT2D eigenvalue weighted by Crippen LogP contribution is -2.32. The van der Waals surface area contributed by atoms with Crippen molar-refractivity contribution in [3.8, 4) is 0 Å². The van der Waals surface area contributed by atoms with Crippen LogP contribution >= 0.6 is 23.2 Å². The molecule has 0 aliphatic carbocycles. The van der Waals surface area contributed by atoms with E-state index in [4.69, 9.17) is 27.9 Å². The first-order chi connectivity index (χ1) is 12.4. The molecule has 2 aromatic carbocycles. The largest absolute Gasteiger partial charge is 0.466 e. The molecule has 2 rings (SSSR count). The number of esters is 2. The van der Waals surface area contributed by atoms with Gasteiger partial charge in [-0.05, 0) is 18.2 Å². The number of carbonyl (C=O) groups is 3. The minimum atomic E-state index is -1.21. The summed E-state index contributed by atoms with van der Waals surface area (Å²) in [6.45, 7) is -0.431. The van der Waals surface area contributed by atoms with E-state index in [0.717, 1.165) is 0 Å². The van der Waals surface area contributed by atoms with Crippen molar-refractivity contribution in [2.45, 2.75) is 6.10 Å². The van der Waals surface area contributed by atoms with Crippen LogP contribution in [-0.2, 0) is 19.1 Å². The lowest BCUT2D eigenvalue weighted by Gasteiger charge is -2.16. The third-order valence-corrected chi connectivity index (χ3v) is 4.08. The van der Waals surface area contributed by atoms with Crippen LogP contribution in [-0.4, -0.2) is 31.5 Å². The predicted molar refractivity (Wildman–Crippen MR) is 96.1 cm³/mol. The molecule has 1 N–H and O–H groups in total. The van der Waals surface area contributed by atoms with Gasteiger partial charge in [-0.2, -0.15) is 0 Å². The van der Waals surface area contributed by atoms with Crippen LogP contribution in [0.2, 0.25) is 10.0 Å². The molecular weight excluding hydrogens is 381 g/mol. The Bertz CT molecular complexity index is 810. The quantitative estimate of drug-likeness (QED) is 0.759. The summed E-state index contributed by atoms with van der Waals surface area (Å²) in [5.74, 6) is -2.05.